The standard InChI is InChI=1S/C24H30N8O2/c1-14-9-16(10-20(34-3)15(14)2)31-12-21(27-13-31)29-24-28-18-6-7-26-11-17(18)23(30-24)32-8-4-5-19(32)22(25)33/h9-10,12-13,19,26H,4-8,11H2,1-3H3,(H2,25,33)(H,28,29,30)/t19-/m0/s1. The maximum absolute atomic E-state index is 12.0. The number of carbonyl (C=O) groups excluding carboxylic acids is 1. The van der Waals surface area contributed by atoms with Crippen LogP contribution in [0.5, 0.6) is 5.75 Å². The van der Waals surface area contributed by atoms with Gasteiger partial charge < -0.3 is 30.6 Å². The zero-order valence-electron chi connectivity index (χ0n) is 19.8. The molecule has 1 saturated heterocycles. The van der Waals surface area contributed by atoms with E-state index >= 15 is 0 Å². The summed E-state index contributed by atoms with van der Waals surface area (Å²) < 4.78 is 7.45. The van der Waals surface area contributed by atoms with Gasteiger partial charge in [0.1, 0.15) is 23.9 Å². The second-order valence-corrected chi connectivity index (χ2v) is 8.86. The van der Waals surface area contributed by atoms with Crippen molar-refractivity contribution in [2.24, 2.45) is 5.73 Å². The number of methoxy groups -OCH3 is 1. The molecule has 10 nitrogen and oxygen atoms in total. The highest BCUT2D eigenvalue weighted by molar-refractivity contribution is 5.84. The van der Waals surface area contributed by atoms with Crippen LogP contribution in [0.25, 0.3) is 5.69 Å². The molecule has 2 aliphatic rings. The maximum Gasteiger partial charge on any atom is 0.240 e. The van der Waals surface area contributed by atoms with Crippen molar-refractivity contribution >= 4 is 23.5 Å². The SMILES string of the molecule is COc1cc(-n2cnc(Nc3nc4c(c(N5CCC[C@H]5C(N)=O)n3)CNCC4)c2)cc(C)c1C. The second kappa shape index (κ2) is 8.94. The molecular weight excluding hydrogens is 432 g/mol. The number of hydrogen-bond acceptors (Lipinski definition) is 8. The first kappa shape index (κ1) is 22.1. The third-order valence-electron chi connectivity index (χ3n) is 6.71. The Morgan fingerprint density at radius 2 is 2.15 bits per heavy atom. The smallest absolute Gasteiger partial charge is 0.240 e. The lowest BCUT2D eigenvalue weighted by Gasteiger charge is -2.28. The van der Waals surface area contributed by atoms with Gasteiger partial charge in [0.25, 0.3) is 0 Å². The first-order valence-electron chi connectivity index (χ1n) is 11.6. The van der Waals surface area contributed by atoms with Crippen molar-refractivity contribution in [3.05, 3.63) is 47.0 Å². The van der Waals surface area contributed by atoms with Gasteiger partial charge in [-0.3, -0.25) is 4.79 Å². The van der Waals surface area contributed by atoms with Crippen molar-refractivity contribution in [1.82, 2.24) is 24.8 Å². The van der Waals surface area contributed by atoms with Crippen LogP contribution < -0.4 is 26.0 Å². The van der Waals surface area contributed by atoms with E-state index in [1.54, 1.807) is 13.4 Å². The molecule has 1 fully saturated rings. The Morgan fingerprint density at radius 3 is 2.94 bits per heavy atom. The summed E-state index contributed by atoms with van der Waals surface area (Å²) in [7, 11) is 1.68. The first-order chi connectivity index (χ1) is 16.4. The van der Waals surface area contributed by atoms with E-state index in [2.05, 4.69) is 28.6 Å². The number of nitrogens with one attached hydrogen (secondary N) is 2. The van der Waals surface area contributed by atoms with E-state index < -0.39 is 0 Å². The number of fused-ring (bicyclic) bond motifs is 1. The molecule has 0 bridgehead atoms. The zero-order chi connectivity index (χ0) is 23.8. The molecule has 1 amide bonds. The van der Waals surface area contributed by atoms with E-state index in [1.165, 1.54) is 0 Å². The Balaban J connectivity index is 1.46. The lowest BCUT2D eigenvalue weighted by Crippen LogP contribution is -2.42. The third-order valence-corrected chi connectivity index (χ3v) is 6.71. The monoisotopic (exact) mass is 462 g/mol. The molecule has 10 heteroatoms. The summed E-state index contributed by atoms with van der Waals surface area (Å²) in [6.07, 6.45) is 6.10. The predicted molar refractivity (Wildman–Crippen MR) is 130 cm³/mol. The third kappa shape index (κ3) is 4.05. The number of imidazole rings is 1. The molecule has 178 valence electrons. The molecule has 0 aliphatic carbocycles. The van der Waals surface area contributed by atoms with Crippen LogP contribution in [0.2, 0.25) is 0 Å². The number of aromatic nitrogens is 4. The van der Waals surface area contributed by atoms with Gasteiger partial charge in [-0.1, -0.05) is 0 Å². The van der Waals surface area contributed by atoms with Crippen LogP contribution in [0.15, 0.2) is 24.7 Å². The van der Waals surface area contributed by atoms with Crippen LogP contribution in [0.4, 0.5) is 17.6 Å². The highest BCUT2D eigenvalue weighted by Gasteiger charge is 2.33. The van der Waals surface area contributed by atoms with Crippen molar-refractivity contribution in [2.75, 3.05) is 30.4 Å². The summed E-state index contributed by atoms with van der Waals surface area (Å²) in [6, 6.07) is 3.75. The fourth-order valence-corrected chi connectivity index (χ4v) is 4.75. The van der Waals surface area contributed by atoms with Crippen molar-refractivity contribution < 1.29 is 9.53 Å². The zero-order valence-corrected chi connectivity index (χ0v) is 19.8. The predicted octanol–water partition coefficient (Wildman–Crippen LogP) is 2.13. The minimum absolute atomic E-state index is 0.314. The molecule has 2 aliphatic heterocycles. The van der Waals surface area contributed by atoms with Gasteiger partial charge in [0.05, 0.1) is 24.7 Å². The van der Waals surface area contributed by atoms with Crippen molar-refractivity contribution in [1.29, 1.82) is 0 Å². The molecular formula is C24H30N8O2. The minimum Gasteiger partial charge on any atom is -0.496 e. The van der Waals surface area contributed by atoms with Crippen LogP contribution in [-0.4, -0.2) is 51.7 Å². The molecule has 1 aromatic carbocycles. The molecule has 34 heavy (non-hydrogen) atoms. The summed E-state index contributed by atoms with van der Waals surface area (Å²) in [5.41, 5.74) is 10.9. The number of primary amides is 1. The van der Waals surface area contributed by atoms with E-state index in [4.69, 9.17) is 20.4 Å². The first-order valence-corrected chi connectivity index (χ1v) is 11.6. The normalized spacial score (nSPS) is 17.5. The molecule has 3 aromatic rings. The van der Waals surface area contributed by atoms with Crippen LogP contribution >= 0.6 is 0 Å². The number of hydrogen-bond donors (Lipinski definition) is 3. The van der Waals surface area contributed by atoms with Crippen molar-refractivity contribution in [2.45, 2.75) is 45.7 Å². The lowest BCUT2D eigenvalue weighted by molar-refractivity contribution is -0.119. The molecule has 5 rings (SSSR count). The molecule has 0 radical (unpaired) electrons. The number of rotatable bonds is 6. The van der Waals surface area contributed by atoms with Gasteiger partial charge in [-0.15, -0.1) is 0 Å². The summed E-state index contributed by atoms with van der Waals surface area (Å²) in [5.74, 6) is 2.40. The highest BCUT2D eigenvalue weighted by atomic mass is 16.5. The summed E-state index contributed by atoms with van der Waals surface area (Å²) in [5, 5.41) is 6.65. The van der Waals surface area contributed by atoms with Gasteiger partial charge in [0.2, 0.25) is 11.9 Å². The van der Waals surface area contributed by atoms with Crippen LogP contribution in [0, 0.1) is 13.8 Å². The van der Waals surface area contributed by atoms with Crippen LogP contribution in [0.1, 0.15) is 35.2 Å². The average Bonchev–Trinajstić information content (AvgIpc) is 3.50. The average molecular weight is 463 g/mol. The summed E-state index contributed by atoms with van der Waals surface area (Å²) >= 11 is 0. The Hall–Kier alpha value is -3.66. The fourth-order valence-electron chi connectivity index (χ4n) is 4.75. The molecule has 0 unspecified atom stereocenters. The van der Waals surface area contributed by atoms with Crippen LogP contribution in [-0.2, 0) is 17.8 Å². The Bertz CT molecular complexity index is 1240. The van der Waals surface area contributed by atoms with E-state index in [0.717, 1.165) is 72.0 Å². The maximum atomic E-state index is 12.0. The molecule has 0 spiro atoms. The largest absolute Gasteiger partial charge is 0.496 e. The van der Waals surface area contributed by atoms with Gasteiger partial charge in [-0.25, -0.2) is 9.97 Å². The summed E-state index contributed by atoms with van der Waals surface area (Å²) in [6.45, 7) is 6.39. The Kier molecular flexibility index (Phi) is 5.82. The van der Waals surface area contributed by atoms with E-state index in [9.17, 15) is 4.79 Å². The van der Waals surface area contributed by atoms with E-state index in [1.807, 2.05) is 28.7 Å². The number of ether oxygens (including phenoxy) is 1. The van der Waals surface area contributed by atoms with Gasteiger partial charge >= 0.3 is 0 Å². The number of anilines is 3. The lowest BCUT2D eigenvalue weighted by atomic mass is 10.1. The second-order valence-electron chi connectivity index (χ2n) is 8.86. The van der Waals surface area contributed by atoms with Gasteiger partial charge in [-0.2, -0.15) is 4.98 Å². The van der Waals surface area contributed by atoms with Crippen LogP contribution in [0.3, 0.4) is 0 Å². The fraction of sp³-hybridized carbons (Fsp3) is 0.417. The number of amides is 1. The molecule has 1 atom stereocenters. The molecule has 4 N–H and O–H groups in total. The minimum atomic E-state index is -0.340. The van der Waals surface area contributed by atoms with Gasteiger partial charge in [0, 0.05) is 37.7 Å². The number of carbonyl (C=O) groups is 1. The quantitative estimate of drug-likeness (QED) is 0.509. The van der Waals surface area contributed by atoms with Crippen molar-refractivity contribution in [3.63, 3.8) is 0 Å². The molecule has 4 heterocycles. The summed E-state index contributed by atoms with van der Waals surface area (Å²) in [4.78, 5) is 28.2. The number of nitrogens with two attached hydrogens (primary N) is 1. The molecule has 2 aromatic heterocycles. The van der Waals surface area contributed by atoms with E-state index in [0.29, 0.717) is 18.3 Å². The van der Waals surface area contributed by atoms with Gasteiger partial charge in [-0.05, 0) is 43.9 Å². The Labute approximate surface area is 198 Å². The number of nitrogens with zero attached hydrogens (tertiary/aromatic N) is 5. The topological polar surface area (TPSA) is 123 Å². The van der Waals surface area contributed by atoms with Gasteiger partial charge in [0.15, 0.2) is 5.82 Å². The number of benzene rings is 1. The highest BCUT2D eigenvalue weighted by Crippen LogP contribution is 2.32. The number of aryl methyl sites for hydroxylation is 1. The van der Waals surface area contributed by atoms with Crippen molar-refractivity contribution in [3.8, 4) is 11.4 Å². The van der Waals surface area contributed by atoms with E-state index in [-0.39, 0.29) is 11.9 Å². The Morgan fingerprint density at radius 1 is 1.29 bits per heavy atom. The molecule has 0 saturated carbocycles.